The average Bonchev–Trinajstić information content (AvgIpc) is 2.10. The van der Waals surface area contributed by atoms with Crippen molar-refractivity contribution in [3.05, 3.63) is 22.7 Å². The molecule has 0 bridgehead atoms. The van der Waals surface area contributed by atoms with Gasteiger partial charge in [0.25, 0.3) is 0 Å². The smallest absolute Gasteiger partial charge is 0.175 e. The second-order valence-corrected chi connectivity index (χ2v) is 3.47. The minimum atomic E-state index is -0.135. The number of anilines is 2. The number of nitrogens with two attached hydrogens (primary N) is 2. The topological polar surface area (TPSA) is 69.1 Å². The van der Waals surface area contributed by atoms with Gasteiger partial charge in [0.15, 0.2) is 5.78 Å². The van der Waals surface area contributed by atoms with Gasteiger partial charge >= 0.3 is 0 Å². The van der Waals surface area contributed by atoms with Crippen LogP contribution in [0.1, 0.15) is 10.4 Å². The van der Waals surface area contributed by atoms with Crippen LogP contribution in [-0.4, -0.2) is 11.1 Å². The lowest BCUT2D eigenvalue weighted by Crippen LogP contribution is -2.04. The molecule has 0 radical (unpaired) electrons. The van der Waals surface area contributed by atoms with Gasteiger partial charge in [-0.05, 0) is 12.1 Å². The minimum absolute atomic E-state index is 0.135. The molecule has 1 rings (SSSR count). The van der Waals surface area contributed by atoms with Gasteiger partial charge in [-0.1, -0.05) is 27.5 Å². The first kappa shape index (κ1) is 10.3. The van der Waals surface area contributed by atoms with Gasteiger partial charge in [0.2, 0.25) is 0 Å². The molecular weight excluding hydrogens is 255 g/mol. The van der Waals surface area contributed by atoms with Crippen molar-refractivity contribution in [1.29, 1.82) is 0 Å². The Hall–Kier alpha value is -0.740. The molecule has 0 aromatic heterocycles. The van der Waals surface area contributed by atoms with E-state index in [1.165, 1.54) is 12.1 Å². The quantitative estimate of drug-likeness (QED) is 0.488. The van der Waals surface area contributed by atoms with E-state index < -0.39 is 0 Å². The molecule has 1 aromatic rings. The van der Waals surface area contributed by atoms with Gasteiger partial charge < -0.3 is 11.5 Å². The molecule has 0 saturated heterocycles. The molecule has 0 fully saturated rings. The predicted molar refractivity (Wildman–Crippen MR) is 58.4 cm³/mol. The summed E-state index contributed by atoms with van der Waals surface area (Å²) in [4.78, 5) is 11.3. The van der Waals surface area contributed by atoms with Crippen LogP contribution in [0.4, 0.5) is 11.4 Å². The Morgan fingerprint density at radius 3 is 2.62 bits per heavy atom. The second kappa shape index (κ2) is 3.98. The number of benzene rings is 1. The van der Waals surface area contributed by atoms with Crippen molar-refractivity contribution in [1.82, 2.24) is 0 Å². The zero-order chi connectivity index (χ0) is 10.0. The van der Waals surface area contributed by atoms with Crippen molar-refractivity contribution in [2.75, 3.05) is 16.8 Å². The molecular formula is C8H8BrClN2O. The molecule has 5 heteroatoms. The summed E-state index contributed by atoms with van der Waals surface area (Å²) in [6.45, 7) is 0. The van der Waals surface area contributed by atoms with Gasteiger partial charge in [-0.3, -0.25) is 4.79 Å². The number of ketones is 1. The highest BCUT2D eigenvalue weighted by atomic mass is 79.9. The summed E-state index contributed by atoms with van der Waals surface area (Å²) in [5.74, 6) is -0.135. The Balaban J connectivity index is 3.28. The molecule has 0 aliphatic rings. The Labute approximate surface area is 89.2 Å². The Kier molecular flexibility index (Phi) is 3.17. The van der Waals surface area contributed by atoms with Gasteiger partial charge in [0, 0.05) is 11.3 Å². The Morgan fingerprint density at radius 2 is 2.08 bits per heavy atom. The molecule has 0 aliphatic carbocycles. The van der Waals surface area contributed by atoms with Gasteiger partial charge in [-0.15, -0.1) is 0 Å². The van der Waals surface area contributed by atoms with Gasteiger partial charge in [-0.25, -0.2) is 0 Å². The lowest BCUT2D eigenvalue weighted by atomic mass is 10.1. The number of rotatable bonds is 2. The number of carbonyl (C=O) groups excluding carboxylic acids is 1. The molecule has 0 aliphatic heterocycles. The minimum Gasteiger partial charge on any atom is -0.399 e. The van der Waals surface area contributed by atoms with E-state index in [0.29, 0.717) is 16.9 Å². The zero-order valence-electron chi connectivity index (χ0n) is 6.68. The van der Waals surface area contributed by atoms with Crippen LogP contribution in [0.15, 0.2) is 12.1 Å². The van der Waals surface area contributed by atoms with E-state index in [1.54, 1.807) is 0 Å². The maximum atomic E-state index is 11.3. The van der Waals surface area contributed by atoms with Crippen molar-refractivity contribution in [2.45, 2.75) is 0 Å². The van der Waals surface area contributed by atoms with Crippen molar-refractivity contribution in [2.24, 2.45) is 0 Å². The molecule has 0 saturated carbocycles. The molecule has 3 nitrogen and oxygen atoms in total. The second-order valence-electron chi connectivity index (χ2n) is 2.53. The molecule has 13 heavy (non-hydrogen) atoms. The highest BCUT2D eigenvalue weighted by Gasteiger charge is 2.11. The first-order chi connectivity index (χ1) is 6.06. The first-order valence-corrected chi connectivity index (χ1v) is 5.00. The number of Topliss-reactive ketones (excluding diaryl/α,β-unsaturated/α-hetero) is 1. The third-order valence-electron chi connectivity index (χ3n) is 1.54. The van der Waals surface area contributed by atoms with Gasteiger partial charge in [0.05, 0.1) is 16.0 Å². The normalized spacial score (nSPS) is 10.0. The summed E-state index contributed by atoms with van der Waals surface area (Å²) in [5, 5.41) is 0.467. The third-order valence-corrected chi connectivity index (χ3v) is 2.48. The molecule has 0 spiro atoms. The molecule has 0 atom stereocenters. The Morgan fingerprint density at radius 1 is 1.46 bits per heavy atom. The maximum Gasteiger partial charge on any atom is 0.175 e. The maximum absolute atomic E-state index is 11.3. The number of carbonyl (C=O) groups is 1. The Bertz CT molecular complexity index is 354. The number of halogens is 2. The highest BCUT2D eigenvalue weighted by Crippen LogP contribution is 2.27. The number of nitrogen functional groups attached to an aromatic ring is 2. The van der Waals surface area contributed by atoms with E-state index in [1.807, 2.05) is 0 Å². The van der Waals surface area contributed by atoms with Gasteiger partial charge in [0.1, 0.15) is 0 Å². The number of hydrogen-bond donors (Lipinski definition) is 2. The van der Waals surface area contributed by atoms with Crippen LogP contribution in [0.3, 0.4) is 0 Å². The molecule has 0 heterocycles. The largest absolute Gasteiger partial charge is 0.399 e. The predicted octanol–water partition coefficient (Wildman–Crippen LogP) is 2.08. The summed E-state index contributed by atoms with van der Waals surface area (Å²) in [7, 11) is 0. The zero-order valence-corrected chi connectivity index (χ0v) is 9.02. The van der Waals surface area contributed by atoms with Crippen LogP contribution < -0.4 is 11.5 Å². The monoisotopic (exact) mass is 262 g/mol. The van der Waals surface area contributed by atoms with Crippen LogP contribution in [0.2, 0.25) is 5.02 Å². The fourth-order valence-electron chi connectivity index (χ4n) is 0.945. The molecule has 4 N–H and O–H groups in total. The van der Waals surface area contributed by atoms with Crippen LogP contribution in [0.25, 0.3) is 0 Å². The van der Waals surface area contributed by atoms with Crippen molar-refractivity contribution < 1.29 is 4.79 Å². The van der Waals surface area contributed by atoms with E-state index in [4.69, 9.17) is 23.1 Å². The van der Waals surface area contributed by atoms with Crippen molar-refractivity contribution in [3.63, 3.8) is 0 Å². The summed E-state index contributed by atoms with van der Waals surface area (Å²) in [5.41, 5.74) is 12.2. The lowest BCUT2D eigenvalue weighted by molar-refractivity contribution is 0.102. The lowest BCUT2D eigenvalue weighted by Gasteiger charge is -2.05. The van der Waals surface area contributed by atoms with E-state index in [-0.39, 0.29) is 16.1 Å². The number of alkyl halides is 1. The van der Waals surface area contributed by atoms with E-state index in [9.17, 15) is 4.79 Å². The van der Waals surface area contributed by atoms with Gasteiger partial charge in [-0.2, -0.15) is 0 Å². The summed E-state index contributed by atoms with van der Waals surface area (Å²) in [6.07, 6.45) is 0. The third kappa shape index (κ3) is 2.14. The fraction of sp³-hybridized carbons (Fsp3) is 0.125. The molecule has 0 amide bonds. The molecule has 70 valence electrons. The molecule has 0 unspecified atom stereocenters. The standard InChI is InChI=1S/C8H8BrClN2O/c9-3-7(13)5-1-4(11)2-6(12)8(5)10/h1-2H,3,11-12H2. The van der Waals surface area contributed by atoms with Crippen molar-refractivity contribution in [3.8, 4) is 0 Å². The summed E-state index contributed by atoms with van der Waals surface area (Å²) in [6, 6.07) is 3.04. The van der Waals surface area contributed by atoms with E-state index >= 15 is 0 Å². The highest BCUT2D eigenvalue weighted by molar-refractivity contribution is 9.09. The van der Waals surface area contributed by atoms with Crippen molar-refractivity contribution >= 4 is 44.7 Å². The fourth-order valence-corrected chi connectivity index (χ4v) is 1.46. The van der Waals surface area contributed by atoms with Crippen LogP contribution in [-0.2, 0) is 0 Å². The van der Waals surface area contributed by atoms with E-state index in [2.05, 4.69) is 15.9 Å². The first-order valence-electron chi connectivity index (χ1n) is 3.50. The number of hydrogen-bond acceptors (Lipinski definition) is 3. The SMILES string of the molecule is Nc1cc(N)c(Cl)c(C(=O)CBr)c1. The summed E-state index contributed by atoms with van der Waals surface area (Å²) < 4.78 is 0. The van der Waals surface area contributed by atoms with Crippen LogP contribution >= 0.6 is 27.5 Å². The molecule has 1 aromatic carbocycles. The summed E-state index contributed by atoms with van der Waals surface area (Å²) >= 11 is 8.86. The van der Waals surface area contributed by atoms with E-state index in [0.717, 1.165) is 0 Å². The average molecular weight is 264 g/mol. The van der Waals surface area contributed by atoms with Crippen LogP contribution in [0.5, 0.6) is 0 Å². The van der Waals surface area contributed by atoms with Crippen LogP contribution in [0, 0.1) is 0 Å².